The maximum absolute atomic E-state index is 12.0. The predicted molar refractivity (Wildman–Crippen MR) is 83.7 cm³/mol. The Kier molecular flexibility index (Phi) is 7.01. The SMILES string of the molecule is NC(CCSCCS(=O)(=O)c1ccc(Br)cc1)C(=O)O. The minimum Gasteiger partial charge on any atom is -0.480 e. The molecule has 1 aromatic carbocycles. The summed E-state index contributed by atoms with van der Waals surface area (Å²) in [5, 5.41) is 8.60. The third-order valence-electron chi connectivity index (χ3n) is 2.56. The van der Waals surface area contributed by atoms with E-state index in [0.29, 0.717) is 22.8 Å². The van der Waals surface area contributed by atoms with E-state index < -0.39 is 21.8 Å². The highest BCUT2D eigenvalue weighted by Gasteiger charge is 2.14. The van der Waals surface area contributed by atoms with Crippen LogP contribution in [-0.4, -0.2) is 42.8 Å². The Morgan fingerprint density at radius 1 is 1.30 bits per heavy atom. The minimum absolute atomic E-state index is 0.0294. The van der Waals surface area contributed by atoms with Crippen molar-refractivity contribution in [2.24, 2.45) is 5.73 Å². The number of carbonyl (C=O) groups is 1. The molecule has 0 amide bonds. The molecule has 0 aliphatic carbocycles. The molecule has 112 valence electrons. The van der Waals surface area contributed by atoms with E-state index in [1.807, 2.05) is 0 Å². The van der Waals surface area contributed by atoms with Crippen LogP contribution in [0.5, 0.6) is 0 Å². The standard InChI is InChI=1S/C12H16BrNO4S2/c13-9-1-3-10(4-2-9)20(17,18)8-7-19-6-5-11(14)12(15)16/h1-4,11H,5-8,14H2,(H,15,16). The molecule has 1 unspecified atom stereocenters. The first kappa shape index (κ1) is 17.5. The summed E-state index contributed by atoms with van der Waals surface area (Å²) in [5.41, 5.74) is 5.35. The summed E-state index contributed by atoms with van der Waals surface area (Å²) in [4.78, 5) is 10.8. The van der Waals surface area contributed by atoms with Crippen molar-refractivity contribution in [2.75, 3.05) is 17.3 Å². The van der Waals surface area contributed by atoms with Crippen LogP contribution in [0.25, 0.3) is 0 Å². The first-order chi connectivity index (χ1) is 9.33. The molecule has 0 spiro atoms. The Hall–Kier alpha value is -0.570. The largest absolute Gasteiger partial charge is 0.480 e. The summed E-state index contributed by atoms with van der Waals surface area (Å²) < 4.78 is 24.8. The van der Waals surface area contributed by atoms with Gasteiger partial charge in [0.2, 0.25) is 0 Å². The van der Waals surface area contributed by atoms with Gasteiger partial charge in [-0.3, -0.25) is 4.79 Å². The lowest BCUT2D eigenvalue weighted by molar-refractivity contribution is -0.138. The zero-order valence-corrected chi connectivity index (χ0v) is 13.9. The van der Waals surface area contributed by atoms with Gasteiger partial charge in [-0.2, -0.15) is 11.8 Å². The zero-order valence-electron chi connectivity index (χ0n) is 10.7. The molecule has 0 aromatic heterocycles. The first-order valence-electron chi connectivity index (χ1n) is 5.87. The topological polar surface area (TPSA) is 97.5 Å². The van der Waals surface area contributed by atoms with Gasteiger partial charge in [0.05, 0.1) is 10.6 Å². The average Bonchev–Trinajstić information content (AvgIpc) is 2.38. The minimum atomic E-state index is -3.28. The van der Waals surface area contributed by atoms with E-state index in [0.717, 1.165) is 4.47 Å². The lowest BCUT2D eigenvalue weighted by atomic mass is 10.2. The maximum Gasteiger partial charge on any atom is 0.320 e. The number of benzene rings is 1. The number of carboxylic acid groups (broad SMARTS) is 1. The number of nitrogens with two attached hydrogens (primary N) is 1. The van der Waals surface area contributed by atoms with Crippen molar-refractivity contribution >= 4 is 43.5 Å². The Morgan fingerprint density at radius 2 is 1.90 bits per heavy atom. The molecule has 1 aromatic rings. The average molecular weight is 382 g/mol. The Morgan fingerprint density at radius 3 is 2.45 bits per heavy atom. The second-order valence-corrected chi connectivity index (χ2v) is 8.37. The highest BCUT2D eigenvalue weighted by atomic mass is 79.9. The molecule has 3 N–H and O–H groups in total. The molecule has 8 heteroatoms. The van der Waals surface area contributed by atoms with Gasteiger partial charge < -0.3 is 10.8 Å². The number of thioether (sulfide) groups is 1. The van der Waals surface area contributed by atoms with Gasteiger partial charge in [0, 0.05) is 10.2 Å². The summed E-state index contributed by atoms with van der Waals surface area (Å²) in [6.07, 6.45) is 0.332. The number of aliphatic carboxylic acids is 1. The molecule has 1 rings (SSSR count). The normalized spacial score (nSPS) is 13.1. The van der Waals surface area contributed by atoms with Crippen LogP contribution in [0.4, 0.5) is 0 Å². The van der Waals surface area contributed by atoms with Crippen LogP contribution in [0.1, 0.15) is 6.42 Å². The number of rotatable bonds is 8. The van der Waals surface area contributed by atoms with E-state index >= 15 is 0 Å². The van der Waals surface area contributed by atoms with Crippen LogP contribution in [0, 0.1) is 0 Å². The second kappa shape index (κ2) is 8.02. The van der Waals surface area contributed by atoms with E-state index in [1.165, 1.54) is 11.8 Å². The summed E-state index contributed by atoms with van der Waals surface area (Å²) in [6, 6.07) is 5.61. The molecular weight excluding hydrogens is 366 g/mol. The fraction of sp³-hybridized carbons (Fsp3) is 0.417. The Balaban J connectivity index is 2.37. The quantitative estimate of drug-likeness (QED) is 0.665. The molecule has 0 saturated heterocycles. The summed E-state index contributed by atoms with van der Waals surface area (Å²) in [7, 11) is -3.28. The van der Waals surface area contributed by atoms with Crippen LogP contribution in [0.2, 0.25) is 0 Å². The van der Waals surface area contributed by atoms with Gasteiger partial charge in [0.25, 0.3) is 0 Å². The van der Waals surface area contributed by atoms with Gasteiger partial charge in [-0.1, -0.05) is 15.9 Å². The van der Waals surface area contributed by atoms with E-state index in [4.69, 9.17) is 10.8 Å². The number of sulfone groups is 1. The Bertz CT molecular complexity index is 545. The molecule has 0 aliphatic heterocycles. The van der Waals surface area contributed by atoms with Crippen molar-refractivity contribution in [3.63, 3.8) is 0 Å². The maximum atomic E-state index is 12.0. The van der Waals surface area contributed by atoms with Gasteiger partial charge >= 0.3 is 5.97 Å². The molecule has 0 aliphatic rings. The lowest BCUT2D eigenvalue weighted by Gasteiger charge is -2.07. The molecule has 0 bridgehead atoms. The summed E-state index contributed by atoms with van der Waals surface area (Å²) in [6.45, 7) is 0. The van der Waals surface area contributed by atoms with Crippen molar-refractivity contribution < 1.29 is 18.3 Å². The van der Waals surface area contributed by atoms with Gasteiger partial charge in [0.15, 0.2) is 9.84 Å². The van der Waals surface area contributed by atoms with Crippen molar-refractivity contribution in [3.8, 4) is 0 Å². The molecule has 5 nitrogen and oxygen atoms in total. The smallest absolute Gasteiger partial charge is 0.320 e. The molecule has 20 heavy (non-hydrogen) atoms. The molecule has 1 atom stereocenters. The van der Waals surface area contributed by atoms with Gasteiger partial charge in [0.1, 0.15) is 6.04 Å². The van der Waals surface area contributed by atoms with Crippen LogP contribution in [0.15, 0.2) is 33.6 Å². The first-order valence-corrected chi connectivity index (χ1v) is 9.47. The Labute approximate surface area is 131 Å². The highest BCUT2D eigenvalue weighted by molar-refractivity contribution is 9.10. The lowest BCUT2D eigenvalue weighted by Crippen LogP contribution is -2.30. The summed E-state index contributed by atoms with van der Waals surface area (Å²) in [5.74, 6) is -0.0524. The van der Waals surface area contributed by atoms with Crippen LogP contribution in [0.3, 0.4) is 0 Å². The third-order valence-corrected chi connectivity index (χ3v) is 6.10. The van der Waals surface area contributed by atoms with Crippen LogP contribution in [-0.2, 0) is 14.6 Å². The fourth-order valence-electron chi connectivity index (χ4n) is 1.36. The van der Waals surface area contributed by atoms with Gasteiger partial charge in [-0.05, 0) is 36.4 Å². The van der Waals surface area contributed by atoms with E-state index in [9.17, 15) is 13.2 Å². The summed E-state index contributed by atoms with van der Waals surface area (Å²) >= 11 is 4.64. The molecule has 0 saturated carbocycles. The fourth-order valence-corrected chi connectivity index (χ4v) is 4.39. The van der Waals surface area contributed by atoms with E-state index in [-0.39, 0.29) is 5.75 Å². The molecular formula is C12H16BrNO4S2. The van der Waals surface area contributed by atoms with Gasteiger partial charge in [-0.25, -0.2) is 8.42 Å². The number of carboxylic acids is 1. The van der Waals surface area contributed by atoms with E-state index in [1.54, 1.807) is 24.3 Å². The van der Waals surface area contributed by atoms with Crippen molar-refractivity contribution in [1.29, 1.82) is 0 Å². The molecule has 0 heterocycles. The van der Waals surface area contributed by atoms with Crippen molar-refractivity contribution in [1.82, 2.24) is 0 Å². The van der Waals surface area contributed by atoms with Crippen molar-refractivity contribution in [2.45, 2.75) is 17.4 Å². The number of hydrogen-bond donors (Lipinski definition) is 2. The number of halogens is 1. The molecule has 0 radical (unpaired) electrons. The van der Waals surface area contributed by atoms with Crippen LogP contribution < -0.4 is 5.73 Å². The number of hydrogen-bond acceptors (Lipinski definition) is 5. The van der Waals surface area contributed by atoms with Gasteiger partial charge in [-0.15, -0.1) is 0 Å². The van der Waals surface area contributed by atoms with Crippen LogP contribution >= 0.6 is 27.7 Å². The van der Waals surface area contributed by atoms with E-state index in [2.05, 4.69) is 15.9 Å². The second-order valence-electron chi connectivity index (χ2n) is 4.12. The molecule has 0 fully saturated rings. The predicted octanol–water partition coefficient (Wildman–Crippen LogP) is 1.76. The zero-order chi connectivity index (χ0) is 15.2. The monoisotopic (exact) mass is 381 g/mol. The third kappa shape index (κ3) is 5.82. The highest BCUT2D eigenvalue weighted by Crippen LogP contribution is 2.17. The van der Waals surface area contributed by atoms with Crippen molar-refractivity contribution in [3.05, 3.63) is 28.7 Å².